The maximum absolute atomic E-state index is 4.66. The summed E-state index contributed by atoms with van der Waals surface area (Å²) in [5.41, 5.74) is 3.27. The molecule has 4 heteroatoms. The van der Waals surface area contributed by atoms with E-state index in [2.05, 4.69) is 70.2 Å². The van der Waals surface area contributed by atoms with Crippen LogP contribution in [-0.4, -0.2) is 17.0 Å². The number of nitrogens with one attached hydrogen (secondary N) is 1. The van der Waals surface area contributed by atoms with Crippen LogP contribution in [0.3, 0.4) is 0 Å². The highest BCUT2D eigenvalue weighted by Crippen LogP contribution is 2.28. The van der Waals surface area contributed by atoms with Gasteiger partial charge < -0.3 is 5.32 Å². The van der Waals surface area contributed by atoms with Crippen LogP contribution in [0.25, 0.3) is 11.4 Å². The molecule has 19 heavy (non-hydrogen) atoms. The van der Waals surface area contributed by atoms with Crippen molar-refractivity contribution >= 4 is 21.7 Å². The van der Waals surface area contributed by atoms with Gasteiger partial charge in [-0.1, -0.05) is 35.8 Å². The molecule has 0 radical (unpaired) electrons. The molecule has 100 valence electrons. The molecular weight excluding hydrogens is 302 g/mol. The standard InChI is InChI=1S/C15H18BrN3/c1-9(2)13-8-14(17-4)19-15(18-13)11-6-5-10(3)7-12(11)16/h5-9H,1-4H3,(H,17,18,19). The number of benzene rings is 1. The Bertz CT molecular complexity index is 594. The first-order chi connectivity index (χ1) is 9.01. The molecule has 0 aliphatic rings. The molecule has 0 spiro atoms. The lowest BCUT2D eigenvalue weighted by Gasteiger charge is -2.11. The van der Waals surface area contributed by atoms with Crippen LogP contribution in [0.15, 0.2) is 28.7 Å². The normalized spacial score (nSPS) is 10.8. The van der Waals surface area contributed by atoms with Crippen molar-refractivity contribution in [2.75, 3.05) is 12.4 Å². The van der Waals surface area contributed by atoms with E-state index in [9.17, 15) is 0 Å². The molecule has 0 fully saturated rings. The maximum Gasteiger partial charge on any atom is 0.162 e. The molecule has 1 heterocycles. The zero-order valence-corrected chi connectivity index (χ0v) is 13.2. The highest BCUT2D eigenvalue weighted by atomic mass is 79.9. The molecule has 1 N–H and O–H groups in total. The summed E-state index contributed by atoms with van der Waals surface area (Å²) in [7, 11) is 1.88. The summed E-state index contributed by atoms with van der Waals surface area (Å²) in [4.78, 5) is 9.20. The molecule has 1 aromatic carbocycles. The Morgan fingerprint density at radius 3 is 2.47 bits per heavy atom. The molecule has 0 amide bonds. The lowest BCUT2D eigenvalue weighted by molar-refractivity contribution is 0.817. The number of anilines is 1. The molecule has 1 aromatic heterocycles. The minimum atomic E-state index is 0.373. The van der Waals surface area contributed by atoms with Crippen LogP contribution in [0.4, 0.5) is 5.82 Å². The number of hydrogen-bond donors (Lipinski definition) is 1. The minimum Gasteiger partial charge on any atom is -0.373 e. The fourth-order valence-corrected chi connectivity index (χ4v) is 2.48. The highest BCUT2D eigenvalue weighted by Gasteiger charge is 2.11. The van der Waals surface area contributed by atoms with Crippen molar-refractivity contribution in [2.24, 2.45) is 0 Å². The predicted molar refractivity (Wildman–Crippen MR) is 83.5 cm³/mol. The van der Waals surface area contributed by atoms with E-state index in [1.54, 1.807) is 0 Å². The zero-order valence-electron chi connectivity index (χ0n) is 11.7. The average Bonchev–Trinajstić information content (AvgIpc) is 2.38. The Morgan fingerprint density at radius 2 is 1.89 bits per heavy atom. The molecule has 0 aliphatic heterocycles. The molecule has 2 rings (SSSR count). The Kier molecular flexibility index (Phi) is 4.20. The largest absolute Gasteiger partial charge is 0.373 e. The van der Waals surface area contributed by atoms with Crippen molar-refractivity contribution in [2.45, 2.75) is 26.7 Å². The topological polar surface area (TPSA) is 37.8 Å². The Morgan fingerprint density at radius 1 is 1.16 bits per heavy atom. The second-order valence-electron chi connectivity index (χ2n) is 4.89. The summed E-state index contributed by atoms with van der Waals surface area (Å²) in [6, 6.07) is 8.21. The van der Waals surface area contributed by atoms with E-state index in [4.69, 9.17) is 0 Å². The first-order valence-corrected chi connectivity index (χ1v) is 7.14. The zero-order chi connectivity index (χ0) is 14.0. The number of nitrogens with zero attached hydrogens (tertiary/aromatic N) is 2. The smallest absolute Gasteiger partial charge is 0.162 e. The van der Waals surface area contributed by atoms with E-state index in [0.717, 1.165) is 27.4 Å². The van der Waals surface area contributed by atoms with Gasteiger partial charge in [0.1, 0.15) is 5.82 Å². The SMILES string of the molecule is CNc1cc(C(C)C)nc(-c2ccc(C)cc2Br)n1. The van der Waals surface area contributed by atoms with Crippen LogP contribution in [0.5, 0.6) is 0 Å². The van der Waals surface area contributed by atoms with E-state index in [-0.39, 0.29) is 0 Å². The minimum absolute atomic E-state index is 0.373. The van der Waals surface area contributed by atoms with E-state index < -0.39 is 0 Å². The molecule has 0 aliphatic carbocycles. The summed E-state index contributed by atoms with van der Waals surface area (Å²) in [5.74, 6) is 1.97. The molecule has 0 atom stereocenters. The number of hydrogen-bond acceptors (Lipinski definition) is 3. The number of aromatic nitrogens is 2. The van der Waals surface area contributed by atoms with Crippen LogP contribution in [0, 0.1) is 6.92 Å². The van der Waals surface area contributed by atoms with Gasteiger partial charge in [-0.05, 0) is 30.5 Å². The van der Waals surface area contributed by atoms with Crippen molar-refractivity contribution in [1.82, 2.24) is 9.97 Å². The second kappa shape index (κ2) is 5.70. The van der Waals surface area contributed by atoms with E-state index in [1.165, 1.54) is 5.56 Å². The van der Waals surface area contributed by atoms with Gasteiger partial charge >= 0.3 is 0 Å². The predicted octanol–water partition coefficient (Wildman–Crippen LogP) is 4.38. The van der Waals surface area contributed by atoms with Crippen molar-refractivity contribution in [1.29, 1.82) is 0 Å². The van der Waals surface area contributed by atoms with Crippen molar-refractivity contribution in [3.8, 4) is 11.4 Å². The monoisotopic (exact) mass is 319 g/mol. The van der Waals surface area contributed by atoms with Gasteiger partial charge in [0.2, 0.25) is 0 Å². The lowest BCUT2D eigenvalue weighted by atomic mass is 10.1. The van der Waals surface area contributed by atoms with Gasteiger partial charge in [-0.25, -0.2) is 9.97 Å². The Hall–Kier alpha value is -1.42. The number of halogens is 1. The number of aryl methyl sites for hydroxylation is 1. The molecule has 0 saturated heterocycles. The van der Waals surface area contributed by atoms with Gasteiger partial charge in [0.05, 0.1) is 0 Å². The van der Waals surface area contributed by atoms with E-state index in [1.807, 2.05) is 13.1 Å². The van der Waals surface area contributed by atoms with Crippen LogP contribution in [0.2, 0.25) is 0 Å². The highest BCUT2D eigenvalue weighted by molar-refractivity contribution is 9.10. The molecule has 2 aromatic rings. The van der Waals surface area contributed by atoms with Crippen molar-refractivity contribution < 1.29 is 0 Å². The van der Waals surface area contributed by atoms with E-state index >= 15 is 0 Å². The summed E-state index contributed by atoms with van der Waals surface area (Å²) in [5, 5.41) is 3.10. The summed E-state index contributed by atoms with van der Waals surface area (Å²) in [6.07, 6.45) is 0. The van der Waals surface area contributed by atoms with Crippen molar-refractivity contribution in [3.63, 3.8) is 0 Å². The van der Waals surface area contributed by atoms with Crippen LogP contribution >= 0.6 is 15.9 Å². The van der Waals surface area contributed by atoms with Gasteiger partial charge in [-0.2, -0.15) is 0 Å². The quantitative estimate of drug-likeness (QED) is 0.912. The molecule has 0 saturated carbocycles. The summed E-state index contributed by atoms with van der Waals surface area (Å²) in [6.45, 7) is 6.34. The Labute approximate surface area is 122 Å². The van der Waals surface area contributed by atoms with Gasteiger partial charge in [-0.3, -0.25) is 0 Å². The molecular formula is C15H18BrN3. The van der Waals surface area contributed by atoms with Crippen molar-refractivity contribution in [3.05, 3.63) is 40.0 Å². The first kappa shape index (κ1) is 14.0. The van der Waals surface area contributed by atoms with E-state index in [0.29, 0.717) is 5.92 Å². The summed E-state index contributed by atoms with van der Waals surface area (Å²) >= 11 is 3.59. The molecule has 0 bridgehead atoms. The first-order valence-electron chi connectivity index (χ1n) is 6.34. The summed E-state index contributed by atoms with van der Waals surface area (Å²) < 4.78 is 1.02. The van der Waals surface area contributed by atoms with Gasteiger partial charge in [0.15, 0.2) is 5.82 Å². The average molecular weight is 320 g/mol. The van der Waals surface area contributed by atoms with Crippen LogP contribution in [0.1, 0.15) is 31.0 Å². The number of rotatable bonds is 3. The fourth-order valence-electron chi connectivity index (χ4n) is 1.81. The maximum atomic E-state index is 4.66. The van der Waals surface area contributed by atoms with Crippen LogP contribution in [-0.2, 0) is 0 Å². The lowest BCUT2D eigenvalue weighted by Crippen LogP contribution is -2.02. The van der Waals surface area contributed by atoms with Crippen LogP contribution < -0.4 is 5.32 Å². The second-order valence-corrected chi connectivity index (χ2v) is 5.74. The van der Waals surface area contributed by atoms with Gasteiger partial charge in [0.25, 0.3) is 0 Å². The third kappa shape index (κ3) is 3.13. The molecule has 3 nitrogen and oxygen atoms in total. The third-order valence-corrected chi connectivity index (χ3v) is 3.62. The third-order valence-electron chi connectivity index (χ3n) is 2.96. The van der Waals surface area contributed by atoms with Gasteiger partial charge in [0, 0.05) is 28.8 Å². The fraction of sp³-hybridized carbons (Fsp3) is 0.333. The Balaban J connectivity index is 2.57. The van der Waals surface area contributed by atoms with Gasteiger partial charge in [-0.15, -0.1) is 0 Å². The molecule has 0 unspecified atom stereocenters.